The molecule has 0 bridgehead atoms. The first-order chi connectivity index (χ1) is 15.3. The molecule has 6 heteroatoms. The van der Waals surface area contributed by atoms with Crippen LogP contribution in [0.5, 0.6) is 0 Å². The Morgan fingerprint density at radius 1 is 1.09 bits per heavy atom. The SMILES string of the molecule is CC(C)(C)[C@H](c1nc(-c2ccccc2)cn1Cc1ccccc1)N1C[C@H](F)CNCC1=O. The van der Waals surface area contributed by atoms with Gasteiger partial charge in [0.25, 0.3) is 0 Å². The quantitative estimate of drug-likeness (QED) is 0.645. The molecule has 4 rings (SSSR count). The van der Waals surface area contributed by atoms with Gasteiger partial charge in [-0.3, -0.25) is 4.79 Å². The van der Waals surface area contributed by atoms with Gasteiger partial charge in [-0.15, -0.1) is 0 Å². The number of nitrogens with one attached hydrogen (secondary N) is 1. The van der Waals surface area contributed by atoms with E-state index in [1.807, 2.05) is 54.7 Å². The Morgan fingerprint density at radius 2 is 1.75 bits per heavy atom. The van der Waals surface area contributed by atoms with Crippen LogP contribution in [-0.4, -0.2) is 46.2 Å². The molecular weight excluding hydrogens is 403 g/mol. The van der Waals surface area contributed by atoms with Gasteiger partial charge in [0.1, 0.15) is 12.0 Å². The van der Waals surface area contributed by atoms with Crippen LogP contribution < -0.4 is 5.32 Å². The lowest BCUT2D eigenvalue weighted by atomic mass is 9.84. The van der Waals surface area contributed by atoms with E-state index in [1.165, 1.54) is 0 Å². The first kappa shape index (κ1) is 22.2. The van der Waals surface area contributed by atoms with E-state index in [9.17, 15) is 9.18 Å². The Hall–Kier alpha value is -2.99. The predicted molar refractivity (Wildman–Crippen MR) is 125 cm³/mol. The highest BCUT2D eigenvalue weighted by Gasteiger charge is 2.40. The van der Waals surface area contributed by atoms with Gasteiger partial charge < -0.3 is 14.8 Å². The molecule has 2 atom stereocenters. The fourth-order valence-corrected chi connectivity index (χ4v) is 4.36. The van der Waals surface area contributed by atoms with Crippen LogP contribution in [0.1, 0.15) is 38.2 Å². The number of halogens is 1. The molecule has 1 aromatic heterocycles. The van der Waals surface area contributed by atoms with Crippen LogP contribution in [0.4, 0.5) is 4.39 Å². The second-order valence-corrected chi connectivity index (χ2v) is 9.51. The maximum absolute atomic E-state index is 14.6. The molecule has 1 amide bonds. The monoisotopic (exact) mass is 434 g/mol. The van der Waals surface area contributed by atoms with Crippen molar-refractivity contribution in [1.82, 2.24) is 19.8 Å². The average Bonchev–Trinajstić information content (AvgIpc) is 3.08. The molecule has 2 heterocycles. The minimum Gasteiger partial charge on any atom is -0.328 e. The van der Waals surface area contributed by atoms with Crippen LogP contribution in [0.15, 0.2) is 66.9 Å². The predicted octanol–water partition coefficient (Wildman–Crippen LogP) is 4.46. The third kappa shape index (κ3) is 4.91. The normalized spacial score (nSPS) is 18.4. The van der Waals surface area contributed by atoms with Gasteiger partial charge in [-0.25, -0.2) is 9.37 Å². The smallest absolute Gasteiger partial charge is 0.237 e. The van der Waals surface area contributed by atoms with Crippen molar-refractivity contribution in [3.05, 3.63) is 78.2 Å². The molecule has 0 aliphatic carbocycles. The van der Waals surface area contributed by atoms with Crippen molar-refractivity contribution >= 4 is 5.91 Å². The van der Waals surface area contributed by atoms with E-state index in [2.05, 4.69) is 42.8 Å². The van der Waals surface area contributed by atoms with Crippen LogP contribution in [0, 0.1) is 5.41 Å². The molecule has 0 spiro atoms. The van der Waals surface area contributed by atoms with Crippen molar-refractivity contribution in [2.45, 2.75) is 39.5 Å². The fraction of sp³-hybridized carbons (Fsp3) is 0.385. The number of aromatic nitrogens is 2. The van der Waals surface area contributed by atoms with Gasteiger partial charge in [-0.2, -0.15) is 0 Å². The van der Waals surface area contributed by atoms with E-state index in [4.69, 9.17) is 4.98 Å². The van der Waals surface area contributed by atoms with Gasteiger partial charge in [-0.05, 0) is 11.0 Å². The van der Waals surface area contributed by atoms with E-state index >= 15 is 0 Å². The van der Waals surface area contributed by atoms with E-state index in [1.54, 1.807) is 4.90 Å². The van der Waals surface area contributed by atoms with Crippen molar-refractivity contribution in [2.24, 2.45) is 5.41 Å². The lowest BCUT2D eigenvalue weighted by Gasteiger charge is -2.39. The highest BCUT2D eigenvalue weighted by atomic mass is 19.1. The number of nitrogens with zero attached hydrogens (tertiary/aromatic N) is 3. The van der Waals surface area contributed by atoms with Gasteiger partial charge in [0, 0.05) is 24.8 Å². The molecule has 1 N–H and O–H groups in total. The minimum atomic E-state index is -1.11. The van der Waals surface area contributed by atoms with Crippen molar-refractivity contribution in [3.8, 4) is 11.3 Å². The van der Waals surface area contributed by atoms with E-state index in [0.29, 0.717) is 6.54 Å². The van der Waals surface area contributed by atoms with Gasteiger partial charge in [0.2, 0.25) is 5.91 Å². The molecule has 0 unspecified atom stereocenters. The summed E-state index contributed by atoms with van der Waals surface area (Å²) in [7, 11) is 0. The average molecular weight is 435 g/mol. The molecule has 1 saturated heterocycles. The van der Waals surface area contributed by atoms with Crippen molar-refractivity contribution in [2.75, 3.05) is 19.6 Å². The molecule has 1 fully saturated rings. The summed E-state index contributed by atoms with van der Waals surface area (Å²) in [5.41, 5.74) is 2.67. The summed E-state index contributed by atoms with van der Waals surface area (Å²) >= 11 is 0. The maximum atomic E-state index is 14.6. The van der Waals surface area contributed by atoms with Crippen LogP contribution in [0.2, 0.25) is 0 Å². The maximum Gasteiger partial charge on any atom is 0.237 e. The number of carbonyl (C=O) groups is 1. The van der Waals surface area contributed by atoms with Crippen molar-refractivity contribution < 1.29 is 9.18 Å². The topological polar surface area (TPSA) is 50.2 Å². The third-order valence-corrected chi connectivity index (χ3v) is 5.81. The summed E-state index contributed by atoms with van der Waals surface area (Å²) in [5, 5.41) is 2.93. The molecule has 5 nitrogen and oxygen atoms in total. The van der Waals surface area contributed by atoms with Crippen LogP contribution in [0.3, 0.4) is 0 Å². The Bertz CT molecular complexity index is 1040. The third-order valence-electron chi connectivity index (χ3n) is 5.81. The Balaban J connectivity index is 1.83. The van der Waals surface area contributed by atoms with E-state index in [-0.39, 0.29) is 37.0 Å². The molecule has 0 radical (unpaired) electrons. The Morgan fingerprint density at radius 3 is 2.41 bits per heavy atom. The standard InChI is InChI=1S/C26H31FN4O/c1-26(2,3)24(31-17-21(27)14-28-15-23(31)32)25-29-22(20-12-8-5-9-13-20)18-30(25)16-19-10-6-4-7-11-19/h4-13,18,21,24,28H,14-17H2,1-3H3/t21-,24+/m1/s1. The zero-order valence-electron chi connectivity index (χ0n) is 19.0. The number of hydrogen-bond donors (Lipinski definition) is 1. The zero-order valence-corrected chi connectivity index (χ0v) is 19.0. The highest BCUT2D eigenvalue weighted by Crippen LogP contribution is 2.39. The molecule has 3 aromatic rings. The molecule has 0 saturated carbocycles. The lowest BCUT2D eigenvalue weighted by molar-refractivity contribution is -0.135. The molecule has 1 aliphatic rings. The Kier molecular flexibility index (Phi) is 6.42. The van der Waals surface area contributed by atoms with Crippen LogP contribution in [0.25, 0.3) is 11.3 Å². The number of amides is 1. The molecule has 32 heavy (non-hydrogen) atoms. The van der Waals surface area contributed by atoms with Gasteiger partial charge in [0.15, 0.2) is 0 Å². The second kappa shape index (κ2) is 9.25. The molecule has 168 valence electrons. The summed E-state index contributed by atoms with van der Waals surface area (Å²) in [6, 6.07) is 19.8. The number of hydrogen-bond acceptors (Lipinski definition) is 3. The van der Waals surface area contributed by atoms with Crippen molar-refractivity contribution in [1.29, 1.82) is 0 Å². The first-order valence-corrected chi connectivity index (χ1v) is 11.1. The van der Waals surface area contributed by atoms with Gasteiger partial charge in [-0.1, -0.05) is 81.4 Å². The number of benzene rings is 2. The van der Waals surface area contributed by atoms with Crippen molar-refractivity contribution in [3.63, 3.8) is 0 Å². The summed E-state index contributed by atoms with van der Waals surface area (Å²) in [6.45, 7) is 7.26. The number of alkyl halides is 1. The fourth-order valence-electron chi connectivity index (χ4n) is 4.36. The number of carbonyl (C=O) groups excluding carboxylic acids is 1. The number of rotatable bonds is 5. The highest BCUT2D eigenvalue weighted by molar-refractivity contribution is 5.79. The molecule has 1 aliphatic heterocycles. The summed E-state index contributed by atoms with van der Waals surface area (Å²) in [6.07, 6.45) is 0.932. The minimum absolute atomic E-state index is 0.0621. The number of imidazole rings is 1. The summed E-state index contributed by atoms with van der Waals surface area (Å²) in [4.78, 5) is 19.7. The lowest BCUT2D eigenvalue weighted by Crippen LogP contribution is -2.45. The van der Waals surface area contributed by atoms with E-state index in [0.717, 1.165) is 22.6 Å². The van der Waals surface area contributed by atoms with Crippen LogP contribution in [-0.2, 0) is 11.3 Å². The largest absolute Gasteiger partial charge is 0.328 e. The Labute approximate surface area is 189 Å². The first-order valence-electron chi connectivity index (χ1n) is 11.1. The van der Waals surface area contributed by atoms with Crippen LogP contribution >= 0.6 is 0 Å². The zero-order chi connectivity index (χ0) is 22.7. The molecular formula is C26H31FN4O. The molecule has 2 aromatic carbocycles. The van der Waals surface area contributed by atoms with Gasteiger partial charge in [0.05, 0.1) is 24.8 Å². The van der Waals surface area contributed by atoms with E-state index < -0.39 is 6.17 Å². The summed E-state index contributed by atoms with van der Waals surface area (Å²) in [5.74, 6) is 0.684. The second-order valence-electron chi connectivity index (χ2n) is 9.51. The summed E-state index contributed by atoms with van der Waals surface area (Å²) < 4.78 is 16.7. The van der Waals surface area contributed by atoms with Gasteiger partial charge >= 0.3 is 0 Å².